The first kappa shape index (κ1) is 14.2. The Hall–Kier alpha value is 0.184. The molecule has 1 radical (unpaired) electrons. The minimum Gasteiger partial charge on any atom is -0.460 e. The number of alkyl halides is 3. The Labute approximate surface area is 87.1 Å². The van der Waals surface area contributed by atoms with Gasteiger partial charge in [-0.25, -0.2) is 0 Å². The van der Waals surface area contributed by atoms with Gasteiger partial charge in [0.15, 0.2) is 8.32 Å². The zero-order chi connectivity index (χ0) is 11.2. The van der Waals surface area contributed by atoms with E-state index in [2.05, 4.69) is 6.92 Å². The van der Waals surface area contributed by atoms with Crippen LogP contribution in [0.15, 0.2) is 0 Å². The summed E-state index contributed by atoms with van der Waals surface area (Å²) < 4.78 is 41.4. The highest BCUT2D eigenvalue weighted by Crippen LogP contribution is 2.26. The Kier molecular flexibility index (Phi) is 6.00. The van der Waals surface area contributed by atoms with Gasteiger partial charge in [0.1, 0.15) is 9.76 Å². The summed E-state index contributed by atoms with van der Waals surface area (Å²) in [6.07, 6.45) is -3.91. The first-order valence-electron chi connectivity index (χ1n) is 4.77. The predicted octanol–water partition coefficient (Wildman–Crippen LogP) is 2.89. The maximum Gasteiger partial charge on any atom is 0.388 e. The summed E-state index contributed by atoms with van der Waals surface area (Å²) in [5.41, 5.74) is 0. The summed E-state index contributed by atoms with van der Waals surface area (Å²) in [7, 11) is -2.66. The number of halogens is 3. The molecule has 0 spiro atoms. The minimum absolute atomic E-state index is 0.181. The fraction of sp³-hybridized carbons (Fsp3) is 0.875. The van der Waals surface area contributed by atoms with E-state index >= 15 is 0 Å². The van der Waals surface area contributed by atoms with Crippen LogP contribution in [-0.4, -0.2) is 24.3 Å². The van der Waals surface area contributed by atoms with E-state index in [4.69, 9.17) is 4.12 Å². The second-order valence-electron chi connectivity index (χ2n) is 3.93. The fourth-order valence-electron chi connectivity index (χ4n) is 0.965. The average Bonchev–Trinajstić information content (AvgIpc) is 2.00. The van der Waals surface area contributed by atoms with Gasteiger partial charge >= 0.3 is 6.18 Å². The Balaban J connectivity index is 3.72. The Morgan fingerprint density at radius 3 is 2.36 bits per heavy atom. The van der Waals surface area contributed by atoms with Gasteiger partial charge in [-0.2, -0.15) is 13.2 Å². The molecule has 0 aliphatic heterocycles. The highest BCUT2D eigenvalue weighted by molar-refractivity contribution is 6.75. The summed E-state index contributed by atoms with van der Waals surface area (Å²) >= 11 is 0. The molecule has 85 valence electrons. The van der Waals surface area contributed by atoms with Gasteiger partial charge in [-0.15, -0.1) is 0 Å². The molecule has 14 heavy (non-hydrogen) atoms. The molecule has 0 aromatic heterocycles. The lowest BCUT2D eigenvalue weighted by atomic mass is 10.5. The van der Waals surface area contributed by atoms with Crippen LogP contribution in [0.1, 0.15) is 12.8 Å². The van der Waals surface area contributed by atoms with Crippen LogP contribution in [0.2, 0.25) is 25.2 Å². The molecule has 0 rings (SSSR count). The third-order valence-corrected chi connectivity index (χ3v) is 8.08. The van der Waals surface area contributed by atoms with Crippen molar-refractivity contribution in [2.75, 3.05) is 0 Å². The third kappa shape index (κ3) is 8.77. The van der Waals surface area contributed by atoms with Gasteiger partial charge in [0.25, 0.3) is 0 Å². The second-order valence-corrected chi connectivity index (χ2v) is 10.2. The van der Waals surface area contributed by atoms with E-state index in [-0.39, 0.29) is 6.04 Å². The summed E-state index contributed by atoms with van der Waals surface area (Å²) in [5.74, 6) is 0. The van der Waals surface area contributed by atoms with Crippen LogP contribution in [0.5, 0.6) is 0 Å². The van der Waals surface area contributed by atoms with Crippen molar-refractivity contribution >= 4 is 18.1 Å². The standard InChI is InChI=1S/C8H18F3OSi2/c1-4-6-13-12-14(2,3)7-5-8(9,10)11/h1,4-7,13H2,2-3H3. The van der Waals surface area contributed by atoms with Crippen molar-refractivity contribution in [3.8, 4) is 0 Å². The molecular weight excluding hydrogens is 225 g/mol. The van der Waals surface area contributed by atoms with E-state index in [1.807, 2.05) is 13.1 Å². The van der Waals surface area contributed by atoms with E-state index in [1.165, 1.54) is 0 Å². The van der Waals surface area contributed by atoms with Crippen LogP contribution < -0.4 is 0 Å². The van der Waals surface area contributed by atoms with E-state index in [1.54, 1.807) is 0 Å². The minimum atomic E-state index is -4.04. The maximum absolute atomic E-state index is 11.9. The van der Waals surface area contributed by atoms with Gasteiger partial charge in [-0.05, 0) is 25.2 Å². The highest BCUT2D eigenvalue weighted by atomic mass is 28.4. The lowest BCUT2D eigenvalue weighted by molar-refractivity contribution is -0.131. The molecule has 1 nitrogen and oxygen atoms in total. The zero-order valence-electron chi connectivity index (χ0n) is 8.78. The molecule has 0 bridgehead atoms. The molecular formula is C8H18F3OSi2. The lowest BCUT2D eigenvalue weighted by Gasteiger charge is -2.23. The molecule has 0 fully saturated rings. The van der Waals surface area contributed by atoms with Crippen molar-refractivity contribution in [2.24, 2.45) is 0 Å². The fourth-order valence-corrected chi connectivity index (χ4v) is 5.42. The summed E-state index contributed by atoms with van der Waals surface area (Å²) in [4.78, 5) is 0. The van der Waals surface area contributed by atoms with E-state index in [9.17, 15) is 13.2 Å². The van der Waals surface area contributed by atoms with Crippen LogP contribution in [0.4, 0.5) is 13.2 Å². The summed E-state index contributed by atoms with van der Waals surface area (Å²) in [6, 6.07) is 1.14. The first-order chi connectivity index (χ1) is 6.27. The average molecular weight is 243 g/mol. The van der Waals surface area contributed by atoms with Gasteiger partial charge in [0.05, 0.1) is 0 Å². The van der Waals surface area contributed by atoms with E-state index < -0.39 is 30.7 Å². The third-order valence-electron chi connectivity index (χ3n) is 1.90. The highest BCUT2D eigenvalue weighted by Gasteiger charge is 2.32. The Bertz CT molecular complexity index is 159. The molecule has 0 saturated carbocycles. The van der Waals surface area contributed by atoms with Gasteiger partial charge in [0, 0.05) is 6.42 Å². The van der Waals surface area contributed by atoms with Gasteiger partial charge in [-0.1, -0.05) is 13.3 Å². The number of hydrogen-bond donors (Lipinski definition) is 0. The van der Waals surface area contributed by atoms with Crippen molar-refractivity contribution in [3.63, 3.8) is 0 Å². The lowest BCUT2D eigenvalue weighted by Crippen LogP contribution is -2.33. The van der Waals surface area contributed by atoms with Gasteiger partial charge in [-0.3, -0.25) is 0 Å². The van der Waals surface area contributed by atoms with Crippen molar-refractivity contribution in [3.05, 3.63) is 6.92 Å². The van der Waals surface area contributed by atoms with Gasteiger partial charge in [0.2, 0.25) is 0 Å². The molecule has 0 aliphatic carbocycles. The largest absolute Gasteiger partial charge is 0.460 e. The van der Waals surface area contributed by atoms with Crippen LogP contribution in [0.25, 0.3) is 0 Å². The van der Waals surface area contributed by atoms with E-state index in [0.29, 0.717) is 0 Å². The SMILES string of the molecule is [CH2]CC[SiH2]O[Si](C)(C)CCC(F)(F)F. The smallest absolute Gasteiger partial charge is 0.388 e. The molecule has 6 heteroatoms. The quantitative estimate of drug-likeness (QED) is 0.515. The molecule has 0 aromatic carbocycles. The molecule has 0 aliphatic rings. The predicted molar refractivity (Wildman–Crippen MR) is 57.4 cm³/mol. The maximum atomic E-state index is 11.9. The Morgan fingerprint density at radius 2 is 1.93 bits per heavy atom. The topological polar surface area (TPSA) is 9.23 Å². The van der Waals surface area contributed by atoms with Crippen molar-refractivity contribution in [1.82, 2.24) is 0 Å². The van der Waals surface area contributed by atoms with Crippen molar-refractivity contribution in [1.29, 1.82) is 0 Å². The van der Waals surface area contributed by atoms with Crippen molar-refractivity contribution in [2.45, 2.75) is 44.2 Å². The molecule has 0 atom stereocenters. The normalized spacial score (nSPS) is 14.1. The number of rotatable bonds is 6. The zero-order valence-corrected chi connectivity index (χ0v) is 11.2. The monoisotopic (exact) mass is 243 g/mol. The molecule has 0 unspecified atom stereocenters. The molecule has 0 amide bonds. The van der Waals surface area contributed by atoms with Gasteiger partial charge < -0.3 is 4.12 Å². The van der Waals surface area contributed by atoms with Crippen molar-refractivity contribution < 1.29 is 17.3 Å². The van der Waals surface area contributed by atoms with E-state index in [0.717, 1.165) is 12.5 Å². The summed E-state index contributed by atoms with van der Waals surface area (Å²) in [6.45, 7) is 7.39. The summed E-state index contributed by atoms with van der Waals surface area (Å²) in [5, 5.41) is 0. The molecule has 0 heterocycles. The first-order valence-corrected chi connectivity index (χ1v) is 9.46. The van der Waals surface area contributed by atoms with Crippen LogP contribution in [-0.2, 0) is 4.12 Å². The molecule has 0 aromatic rings. The second kappa shape index (κ2) is 5.92. The van der Waals surface area contributed by atoms with Crippen LogP contribution in [0, 0.1) is 6.92 Å². The molecule has 0 N–H and O–H groups in total. The molecule has 0 saturated heterocycles. The number of hydrogen-bond acceptors (Lipinski definition) is 1. The van der Waals surface area contributed by atoms with Crippen LogP contribution >= 0.6 is 0 Å². The van der Waals surface area contributed by atoms with Crippen LogP contribution in [0.3, 0.4) is 0 Å². The Morgan fingerprint density at radius 1 is 1.36 bits per heavy atom.